The van der Waals surface area contributed by atoms with E-state index in [2.05, 4.69) is 6.07 Å². The molecule has 0 aromatic heterocycles. The molecule has 112 valence electrons. The number of hydrogen-bond acceptors (Lipinski definition) is 3. The first-order chi connectivity index (χ1) is 10.4. The smallest absolute Gasteiger partial charge is 0.311 e. The normalized spacial score (nSPS) is 10.8. The Morgan fingerprint density at radius 1 is 1.00 bits per heavy atom. The fraction of sp³-hybridized carbons (Fsp3) is 0.263. The van der Waals surface area contributed by atoms with E-state index in [1.807, 2.05) is 45.0 Å². The number of hydrogen-bond donors (Lipinski definition) is 0. The highest BCUT2D eigenvalue weighted by Crippen LogP contribution is 2.24. The quantitative estimate of drug-likeness (QED) is 0.615. The molecule has 0 aliphatic carbocycles. The van der Waals surface area contributed by atoms with E-state index >= 15 is 0 Å². The summed E-state index contributed by atoms with van der Waals surface area (Å²) in [6.07, 6.45) is 0.379. The lowest BCUT2D eigenvalue weighted by Gasteiger charge is -2.16. The minimum atomic E-state index is -0.223. The van der Waals surface area contributed by atoms with Gasteiger partial charge < -0.3 is 4.74 Å². The van der Waals surface area contributed by atoms with Crippen LogP contribution in [0.4, 0.5) is 0 Å². The molecule has 0 unspecified atom stereocenters. The molecule has 3 heteroatoms. The molecule has 0 amide bonds. The Balaban J connectivity index is 2.07. The van der Waals surface area contributed by atoms with Crippen LogP contribution in [-0.2, 0) is 4.79 Å². The second-order valence-electron chi connectivity index (χ2n) is 6.43. The van der Waals surface area contributed by atoms with Crippen LogP contribution >= 0.6 is 0 Å². The molecule has 0 fully saturated rings. The van der Waals surface area contributed by atoms with Crippen molar-refractivity contribution in [1.82, 2.24) is 0 Å². The van der Waals surface area contributed by atoms with Crippen molar-refractivity contribution in [3.8, 4) is 22.9 Å². The van der Waals surface area contributed by atoms with Crippen LogP contribution in [0.1, 0.15) is 32.8 Å². The Bertz CT molecular complexity index is 686. The van der Waals surface area contributed by atoms with Crippen molar-refractivity contribution in [3.63, 3.8) is 0 Å². The number of carbonyl (C=O) groups excluding carboxylic acids is 1. The van der Waals surface area contributed by atoms with Crippen molar-refractivity contribution < 1.29 is 9.53 Å². The van der Waals surface area contributed by atoms with Gasteiger partial charge in [0.1, 0.15) is 5.75 Å². The molecule has 0 heterocycles. The number of nitrogens with zero attached hydrogens (tertiary/aromatic N) is 1. The van der Waals surface area contributed by atoms with Gasteiger partial charge in [0.25, 0.3) is 0 Å². The SMILES string of the molecule is CC(C)(C)CC(=O)Oc1ccc(-c2ccc(C#N)cc2)cc1. The van der Waals surface area contributed by atoms with E-state index in [1.165, 1.54) is 0 Å². The van der Waals surface area contributed by atoms with Gasteiger partial charge in [-0.1, -0.05) is 45.0 Å². The lowest BCUT2D eigenvalue weighted by molar-refractivity contribution is -0.136. The molecule has 2 aromatic carbocycles. The summed E-state index contributed by atoms with van der Waals surface area (Å²) in [6, 6.07) is 16.8. The summed E-state index contributed by atoms with van der Waals surface area (Å²) in [4.78, 5) is 11.8. The molecule has 2 rings (SSSR count). The van der Waals surface area contributed by atoms with Crippen molar-refractivity contribution in [1.29, 1.82) is 5.26 Å². The molecule has 22 heavy (non-hydrogen) atoms. The maximum absolute atomic E-state index is 11.8. The van der Waals surface area contributed by atoms with Crippen molar-refractivity contribution >= 4 is 5.97 Å². The van der Waals surface area contributed by atoms with Crippen LogP contribution < -0.4 is 4.74 Å². The minimum absolute atomic E-state index is 0.0838. The number of benzene rings is 2. The van der Waals surface area contributed by atoms with Crippen LogP contribution in [0.5, 0.6) is 5.75 Å². The average Bonchev–Trinajstić information content (AvgIpc) is 2.46. The Morgan fingerprint density at radius 2 is 1.50 bits per heavy atom. The van der Waals surface area contributed by atoms with Crippen LogP contribution in [0.25, 0.3) is 11.1 Å². The molecular formula is C19H19NO2. The van der Waals surface area contributed by atoms with Gasteiger partial charge in [0.15, 0.2) is 0 Å². The van der Waals surface area contributed by atoms with E-state index in [0.29, 0.717) is 17.7 Å². The molecule has 0 aliphatic rings. The first-order valence-electron chi connectivity index (χ1n) is 7.19. The molecule has 0 atom stereocenters. The summed E-state index contributed by atoms with van der Waals surface area (Å²) in [5, 5.41) is 8.80. The highest BCUT2D eigenvalue weighted by molar-refractivity contribution is 5.73. The summed E-state index contributed by atoms with van der Waals surface area (Å²) >= 11 is 0. The number of esters is 1. The molecular weight excluding hydrogens is 274 g/mol. The molecule has 2 aromatic rings. The number of ether oxygens (including phenoxy) is 1. The summed E-state index contributed by atoms with van der Waals surface area (Å²) in [5.41, 5.74) is 2.59. The van der Waals surface area contributed by atoms with Crippen LogP contribution in [0.2, 0.25) is 0 Å². The Kier molecular flexibility index (Phi) is 4.62. The average molecular weight is 293 g/mol. The Morgan fingerprint density at radius 3 is 1.95 bits per heavy atom. The van der Waals surface area contributed by atoms with E-state index in [9.17, 15) is 4.79 Å². The largest absolute Gasteiger partial charge is 0.427 e. The predicted molar refractivity (Wildman–Crippen MR) is 86.3 cm³/mol. The van der Waals surface area contributed by atoms with Crippen molar-refractivity contribution in [2.45, 2.75) is 27.2 Å². The predicted octanol–water partition coefficient (Wildman–Crippen LogP) is 4.57. The Hall–Kier alpha value is -2.60. The van der Waals surface area contributed by atoms with Crippen molar-refractivity contribution in [3.05, 3.63) is 54.1 Å². The summed E-state index contributed by atoms with van der Waals surface area (Å²) in [7, 11) is 0. The zero-order chi connectivity index (χ0) is 16.2. The lowest BCUT2D eigenvalue weighted by Crippen LogP contribution is -2.17. The van der Waals surface area contributed by atoms with Gasteiger partial charge in [-0.2, -0.15) is 5.26 Å². The van der Waals surface area contributed by atoms with E-state index in [1.54, 1.807) is 24.3 Å². The molecule has 0 aliphatic heterocycles. The maximum Gasteiger partial charge on any atom is 0.311 e. The first-order valence-corrected chi connectivity index (χ1v) is 7.19. The van der Waals surface area contributed by atoms with Crippen LogP contribution in [-0.4, -0.2) is 5.97 Å². The number of rotatable bonds is 3. The van der Waals surface area contributed by atoms with Crippen molar-refractivity contribution in [2.75, 3.05) is 0 Å². The minimum Gasteiger partial charge on any atom is -0.427 e. The third-order valence-corrected chi connectivity index (χ3v) is 3.11. The lowest BCUT2D eigenvalue weighted by atomic mass is 9.92. The molecule has 0 N–H and O–H groups in total. The fourth-order valence-electron chi connectivity index (χ4n) is 2.05. The van der Waals surface area contributed by atoms with Gasteiger partial charge in [0.2, 0.25) is 0 Å². The van der Waals surface area contributed by atoms with Gasteiger partial charge in [0, 0.05) is 0 Å². The maximum atomic E-state index is 11.8. The van der Waals surface area contributed by atoms with E-state index in [4.69, 9.17) is 10.00 Å². The van der Waals surface area contributed by atoms with Crippen LogP contribution in [0, 0.1) is 16.7 Å². The zero-order valence-corrected chi connectivity index (χ0v) is 13.1. The highest BCUT2D eigenvalue weighted by atomic mass is 16.5. The third-order valence-electron chi connectivity index (χ3n) is 3.11. The topological polar surface area (TPSA) is 50.1 Å². The van der Waals surface area contributed by atoms with Gasteiger partial charge in [-0.05, 0) is 40.8 Å². The third kappa shape index (κ3) is 4.46. The summed E-state index contributed by atoms with van der Waals surface area (Å²) < 4.78 is 5.34. The fourth-order valence-corrected chi connectivity index (χ4v) is 2.05. The molecule has 0 spiro atoms. The highest BCUT2D eigenvalue weighted by Gasteiger charge is 2.17. The standard InChI is InChI=1S/C19H19NO2/c1-19(2,3)12-18(21)22-17-10-8-16(9-11-17)15-6-4-14(13-20)5-7-15/h4-11H,12H2,1-3H3. The molecule has 0 bridgehead atoms. The second kappa shape index (κ2) is 6.44. The van der Waals surface area contributed by atoms with Gasteiger partial charge in [-0.25, -0.2) is 0 Å². The summed E-state index contributed by atoms with van der Waals surface area (Å²) in [5.74, 6) is 0.324. The number of nitriles is 1. The van der Waals surface area contributed by atoms with Gasteiger partial charge in [-0.3, -0.25) is 4.79 Å². The van der Waals surface area contributed by atoms with Crippen molar-refractivity contribution in [2.24, 2.45) is 5.41 Å². The molecule has 0 radical (unpaired) electrons. The van der Waals surface area contributed by atoms with Gasteiger partial charge >= 0.3 is 5.97 Å². The zero-order valence-electron chi connectivity index (χ0n) is 13.1. The second-order valence-corrected chi connectivity index (χ2v) is 6.43. The number of carbonyl (C=O) groups is 1. The van der Waals surface area contributed by atoms with Gasteiger partial charge in [-0.15, -0.1) is 0 Å². The molecule has 0 saturated heterocycles. The Labute approximate surface area is 131 Å². The van der Waals surface area contributed by atoms with E-state index < -0.39 is 0 Å². The molecule has 3 nitrogen and oxygen atoms in total. The van der Waals surface area contributed by atoms with E-state index in [0.717, 1.165) is 11.1 Å². The summed E-state index contributed by atoms with van der Waals surface area (Å²) in [6.45, 7) is 6.01. The first kappa shape index (κ1) is 15.8. The van der Waals surface area contributed by atoms with Gasteiger partial charge in [0.05, 0.1) is 18.1 Å². The molecule has 0 saturated carbocycles. The van der Waals surface area contributed by atoms with E-state index in [-0.39, 0.29) is 11.4 Å². The monoisotopic (exact) mass is 293 g/mol. The van der Waals surface area contributed by atoms with Crippen LogP contribution in [0.15, 0.2) is 48.5 Å². The van der Waals surface area contributed by atoms with Crippen LogP contribution in [0.3, 0.4) is 0 Å².